The number of fused-ring (bicyclic) bond motifs is 5. The summed E-state index contributed by atoms with van der Waals surface area (Å²) in [5.41, 5.74) is 10.3. The summed E-state index contributed by atoms with van der Waals surface area (Å²) in [4.78, 5) is 164. The Balaban J connectivity index is 1.03. The van der Waals surface area contributed by atoms with Crippen LogP contribution in [-0.2, 0) is 105 Å². The predicted molar refractivity (Wildman–Crippen MR) is 392 cm³/mol. The van der Waals surface area contributed by atoms with Crippen LogP contribution in [0.4, 0.5) is 15.6 Å². The van der Waals surface area contributed by atoms with Gasteiger partial charge in [0.25, 0.3) is 19.4 Å². The third-order valence-corrected chi connectivity index (χ3v) is 21.6. The number of alkyl carbamates (subject to hydrolysis) is 1. The fourth-order valence-electron chi connectivity index (χ4n) is 11.9. The average molecular weight is 1580 g/mol. The molecule has 4 bridgehead atoms. The monoisotopic (exact) mass is 1570 g/mol. The standard InChI is InChI=1S/C68H95ClN14O21S3/c1-39-15-12-19-53(98-9)68(96)31-52(102-66(95)76-68)40(2)60-67(5,104-60)54(30-58(91)82(7)49-26-43(25-39)27-51(97-8)59(49)69)103-63(94)41(3)81(6)57(90)21-24-105-106-35-56(101-38-86)75-62(93)45(34-100-37-85)29-50(88)48(18-14-22-72-64(70)71)73-61(92)44(33-99-36-84)28-47(87)17-10-11-23-83-32-46(78-80-83)16-13-20-55(89)74-65-79-77-42(4)107-65/h12,15,19,26-27,32,36-38,40-41,44-45,48,52-54,56,60,96H,10-11,13-14,16-18,20-25,28-31,33-35H2,1-9H3,(H,73,92)(H,75,93)(H,76,95)(H4,70,71,72)(H,74,79,89)/b19-12+,39-15+/t40-,41+,44?,45-,48+,52+,53-,54+,56+,60+,67-,68+/m0/s1. The highest BCUT2D eigenvalue weighted by Crippen LogP contribution is 2.49. The van der Waals surface area contributed by atoms with Crippen molar-refractivity contribution in [2.24, 2.45) is 34.2 Å². The van der Waals surface area contributed by atoms with Crippen LogP contribution in [0.15, 0.2) is 47.1 Å². The first kappa shape index (κ1) is 87.1. The Morgan fingerprint density at radius 1 is 0.953 bits per heavy atom. The minimum atomic E-state index is -1.94. The molecular weight excluding hydrogens is 1480 g/mol. The molecule has 6 amide bonds. The van der Waals surface area contributed by atoms with Gasteiger partial charge in [0, 0.05) is 90.7 Å². The molecule has 2 aromatic heterocycles. The molecule has 12 atom stereocenters. The number of rotatable bonds is 42. The lowest BCUT2D eigenvalue weighted by Crippen LogP contribution is -2.63. The summed E-state index contributed by atoms with van der Waals surface area (Å²) in [5, 5.41) is 39.6. The Morgan fingerprint density at radius 2 is 1.67 bits per heavy atom. The molecule has 2 saturated heterocycles. The number of nitrogens with one attached hydrogen (secondary N) is 4. The van der Waals surface area contributed by atoms with Gasteiger partial charge in [-0.3, -0.25) is 62.9 Å². The molecule has 5 heterocycles. The number of nitrogens with zero attached hydrogens (tertiary/aromatic N) is 8. The van der Waals surface area contributed by atoms with Gasteiger partial charge in [0.1, 0.15) is 64.7 Å². The summed E-state index contributed by atoms with van der Waals surface area (Å²) in [5.74, 6) is -8.22. The average Bonchev–Trinajstić information content (AvgIpc) is 1.57. The molecule has 2 fully saturated rings. The zero-order valence-electron chi connectivity index (χ0n) is 61.1. The molecule has 3 aliphatic heterocycles. The van der Waals surface area contributed by atoms with Crippen molar-refractivity contribution in [2.75, 3.05) is 69.8 Å². The lowest BCUT2D eigenvalue weighted by molar-refractivity contribution is -0.162. The SMILES string of the molecule is COc1cc2cc(c1Cl)N(C)C(=O)C[C@@H](OC(=O)[C@@H](C)N(C)C(=O)CCSSC[C@H](NC(=O)[C@H](COC=O)CC(=O)[C@@H](CCCN=C(N)N)NC(=O)C(COC=O)CC(=O)CCCCn1cc(CCCC(=O)Nc3nnc(C)s3)nn1)OC=O)[C@]1(C)O[C@@H]1[C@@H](C)[C@H]1C[C@](O)(NC(=O)O1)[C@@H](OC)/C=C/C=C(\C)C2. The van der Waals surface area contributed by atoms with E-state index in [1.165, 1.54) is 51.5 Å². The van der Waals surface area contributed by atoms with E-state index >= 15 is 0 Å². The number of esters is 1. The van der Waals surface area contributed by atoms with Gasteiger partial charge in [-0.05, 0) is 90.3 Å². The summed E-state index contributed by atoms with van der Waals surface area (Å²) in [6.07, 6.45) is 1.33. The molecule has 3 aliphatic rings. The Hall–Kier alpha value is -8.82. The Morgan fingerprint density at radius 3 is 2.35 bits per heavy atom. The second-order valence-corrected chi connectivity index (χ2v) is 30.3. The number of epoxide rings is 1. The second kappa shape index (κ2) is 42.7. The first-order valence-corrected chi connectivity index (χ1v) is 38.1. The first-order chi connectivity index (χ1) is 51.0. The molecule has 6 rings (SSSR count). The van der Waals surface area contributed by atoms with Gasteiger partial charge >= 0.3 is 12.1 Å². The Labute approximate surface area is 635 Å². The number of benzene rings is 1. The fourth-order valence-corrected chi connectivity index (χ4v) is 14.8. The van der Waals surface area contributed by atoms with Crippen molar-refractivity contribution in [1.82, 2.24) is 46.0 Å². The molecule has 1 aromatic carbocycles. The number of allylic oxidation sites excluding steroid dienone is 3. The Bertz CT molecular complexity index is 3690. The molecule has 3 aromatic rings. The zero-order valence-corrected chi connectivity index (χ0v) is 64.3. The summed E-state index contributed by atoms with van der Waals surface area (Å²) in [6, 6.07) is 0.897. The number of guanidine groups is 1. The highest BCUT2D eigenvalue weighted by atomic mass is 35.5. The van der Waals surface area contributed by atoms with Crippen LogP contribution >= 0.6 is 44.5 Å². The third-order valence-electron chi connectivity index (χ3n) is 18.1. The molecule has 0 aliphatic carbocycles. The van der Waals surface area contributed by atoms with Crippen molar-refractivity contribution >= 4 is 134 Å². The van der Waals surface area contributed by atoms with E-state index in [0.717, 1.165) is 42.6 Å². The zero-order chi connectivity index (χ0) is 78.5. The number of aromatic nitrogens is 5. The number of carbonyl (C=O) groups is 12. The van der Waals surface area contributed by atoms with Crippen molar-refractivity contribution in [2.45, 2.75) is 185 Å². The minimum Gasteiger partial charge on any atom is -0.495 e. The van der Waals surface area contributed by atoms with Crippen LogP contribution in [0.1, 0.15) is 121 Å². The van der Waals surface area contributed by atoms with Crippen LogP contribution < -0.4 is 42.4 Å². The normalized spacial score (nSPS) is 22.1. The van der Waals surface area contributed by atoms with Crippen molar-refractivity contribution in [1.29, 1.82) is 0 Å². The van der Waals surface area contributed by atoms with Gasteiger partial charge in [-0.1, -0.05) is 80.5 Å². The quantitative estimate of drug-likeness (QED) is 0.00491. The number of halogens is 1. The van der Waals surface area contributed by atoms with E-state index in [4.69, 9.17) is 61.0 Å². The molecule has 0 radical (unpaired) electrons. The number of unbranched alkanes of at least 4 members (excludes halogenated alkanes) is 1. The second-order valence-electron chi connectivity index (χ2n) is 26.1. The number of ether oxygens (including phenoxy) is 8. The first-order valence-electron chi connectivity index (χ1n) is 34.4. The minimum absolute atomic E-state index is 0.0194. The van der Waals surface area contributed by atoms with Crippen molar-refractivity contribution in [3.63, 3.8) is 0 Å². The van der Waals surface area contributed by atoms with Gasteiger partial charge in [0.05, 0.1) is 54.6 Å². The summed E-state index contributed by atoms with van der Waals surface area (Å²) in [7, 11) is 7.95. The number of hydrogen-bond acceptors (Lipinski definition) is 29. The van der Waals surface area contributed by atoms with Crippen molar-refractivity contribution in [3.8, 4) is 5.75 Å². The van der Waals surface area contributed by atoms with E-state index in [0.29, 0.717) is 60.9 Å². The van der Waals surface area contributed by atoms with Gasteiger partial charge in [0.2, 0.25) is 34.7 Å². The Kier molecular flexibility index (Phi) is 34.7. The van der Waals surface area contributed by atoms with E-state index in [-0.39, 0.29) is 105 Å². The number of aliphatic imine (C=N–C) groups is 1. The van der Waals surface area contributed by atoms with Gasteiger partial charge in [0.15, 0.2) is 23.7 Å². The van der Waals surface area contributed by atoms with E-state index in [1.807, 2.05) is 13.0 Å². The number of nitrogens with two attached hydrogens (primary N) is 2. The fraction of sp³-hybridized carbons (Fsp3) is 0.603. The number of aliphatic hydroxyl groups is 1. The molecule has 588 valence electrons. The van der Waals surface area contributed by atoms with Crippen LogP contribution in [0.3, 0.4) is 0 Å². The van der Waals surface area contributed by atoms with Crippen LogP contribution in [0.25, 0.3) is 0 Å². The van der Waals surface area contributed by atoms with Crippen molar-refractivity contribution in [3.05, 3.63) is 63.4 Å². The van der Waals surface area contributed by atoms with Crippen LogP contribution in [0, 0.1) is 24.7 Å². The van der Waals surface area contributed by atoms with Gasteiger partial charge in [-0.15, -0.1) is 15.3 Å². The van der Waals surface area contributed by atoms with E-state index < -0.39 is 139 Å². The predicted octanol–water partition coefficient (Wildman–Crippen LogP) is 3.52. The molecule has 35 nitrogen and oxygen atoms in total. The number of ketones is 2. The molecule has 107 heavy (non-hydrogen) atoms. The van der Waals surface area contributed by atoms with E-state index in [1.54, 1.807) is 55.9 Å². The number of likely N-dealkylation sites (N-methyl/N-ethyl adjacent to an activating group) is 1. The van der Waals surface area contributed by atoms with Gasteiger partial charge in [-0.2, -0.15) is 0 Å². The maximum absolute atomic E-state index is 14.5. The smallest absolute Gasteiger partial charge is 0.409 e. The van der Waals surface area contributed by atoms with Crippen molar-refractivity contribution < 1.29 is 101 Å². The highest BCUT2D eigenvalue weighted by molar-refractivity contribution is 8.76. The van der Waals surface area contributed by atoms with Crippen LogP contribution in [0.2, 0.25) is 5.02 Å². The number of amides is 6. The lowest BCUT2D eigenvalue weighted by Gasteiger charge is -2.42. The molecule has 1 unspecified atom stereocenters. The maximum atomic E-state index is 14.5. The number of aryl methyl sites for hydroxylation is 3. The molecular formula is C68H95ClN14O21S3. The number of anilines is 2. The largest absolute Gasteiger partial charge is 0.495 e. The topological polar surface area (TPSA) is 478 Å². The van der Waals surface area contributed by atoms with Gasteiger partial charge < -0.3 is 80.2 Å². The summed E-state index contributed by atoms with van der Waals surface area (Å²) in [6.45, 7) is 7.98. The van der Waals surface area contributed by atoms with E-state index in [2.05, 4.69) is 46.8 Å². The molecule has 39 heteroatoms. The molecule has 0 spiro atoms. The number of methoxy groups -OCH3 is 2. The molecule has 9 N–H and O–H groups in total. The molecule has 0 saturated carbocycles. The summed E-state index contributed by atoms with van der Waals surface area (Å²) >= 11 is 8.12. The van der Waals surface area contributed by atoms with Crippen LogP contribution in [-0.4, -0.2) is 227 Å². The van der Waals surface area contributed by atoms with Gasteiger partial charge in [-0.25, -0.2) is 9.59 Å². The summed E-state index contributed by atoms with van der Waals surface area (Å²) < 4.78 is 46.1. The van der Waals surface area contributed by atoms with Crippen LogP contribution in [0.5, 0.6) is 5.75 Å². The highest BCUT2D eigenvalue weighted by Gasteiger charge is 2.64. The number of Topliss-reactive ketones (excluding diaryl/α,β-unsaturated/α-hetero) is 2. The van der Waals surface area contributed by atoms with E-state index in [9.17, 15) is 62.6 Å². The number of hydrogen-bond donors (Lipinski definition) is 7. The number of carbonyl (C=O) groups excluding carboxylic acids is 12. The lowest BCUT2D eigenvalue weighted by atomic mass is 9.83. The maximum Gasteiger partial charge on any atom is 0.409 e. The third kappa shape index (κ3) is 26.8.